The molecular weight excluding hydrogens is 229 g/mol. The Morgan fingerprint density at radius 1 is 1.33 bits per heavy atom. The summed E-state index contributed by atoms with van der Waals surface area (Å²) in [4.78, 5) is 0. The van der Waals surface area contributed by atoms with E-state index < -0.39 is 0 Å². The van der Waals surface area contributed by atoms with E-state index in [-0.39, 0.29) is 5.82 Å². The first kappa shape index (κ1) is 13.1. The Balaban J connectivity index is 2.54. The largest absolute Gasteiger partial charge is 0.456 e. The molecule has 0 unspecified atom stereocenters. The summed E-state index contributed by atoms with van der Waals surface area (Å²) >= 11 is 0. The van der Waals surface area contributed by atoms with E-state index in [0.29, 0.717) is 18.2 Å². The maximum absolute atomic E-state index is 13.8. The number of furan rings is 1. The van der Waals surface area contributed by atoms with Crippen molar-refractivity contribution in [3.63, 3.8) is 0 Å². The van der Waals surface area contributed by atoms with Gasteiger partial charge in [-0.05, 0) is 25.0 Å². The monoisotopic (exact) mass is 249 g/mol. The maximum atomic E-state index is 13.8. The van der Waals surface area contributed by atoms with Gasteiger partial charge in [0.25, 0.3) is 0 Å². The SMILES string of the molecule is CCc1c(CNC(C)C)oc2c(F)ccc(C)c12. The van der Waals surface area contributed by atoms with Gasteiger partial charge in [0.15, 0.2) is 11.4 Å². The summed E-state index contributed by atoms with van der Waals surface area (Å²) in [5.74, 6) is 0.579. The van der Waals surface area contributed by atoms with Gasteiger partial charge in [0.1, 0.15) is 5.76 Å². The predicted molar refractivity (Wildman–Crippen MR) is 72.3 cm³/mol. The van der Waals surface area contributed by atoms with Crippen molar-refractivity contribution < 1.29 is 8.81 Å². The summed E-state index contributed by atoms with van der Waals surface area (Å²) in [7, 11) is 0. The highest BCUT2D eigenvalue weighted by atomic mass is 19.1. The van der Waals surface area contributed by atoms with Crippen LogP contribution < -0.4 is 5.32 Å². The molecule has 0 bridgehead atoms. The van der Waals surface area contributed by atoms with Gasteiger partial charge in [-0.2, -0.15) is 0 Å². The quantitative estimate of drug-likeness (QED) is 0.887. The molecular formula is C15H20FNO. The third-order valence-electron chi connectivity index (χ3n) is 3.21. The van der Waals surface area contributed by atoms with Crippen LogP contribution in [-0.2, 0) is 13.0 Å². The molecule has 2 nitrogen and oxygen atoms in total. The lowest BCUT2D eigenvalue weighted by Gasteiger charge is -2.07. The molecule has 0 radical (unpaired) electrons. The Morgan fingerprint density at radius 2 is 2.06 bits per heavy atom. The summed E-state index contributed by atoms with van der Waals surface area (Å²) in [6.07, 6.45) is 0.854. The molecule has 18 heavy (non-hydrogen) atoms. The first-order valence-electron chi connectivity index (χ1n) is 6.47. The number of hydrogen-bond donors (Lipinski definition) is 1. The Bertz CT molecular complexity index is 557. The molecule has 0 saturated carbocycles. The van der Waals surface area contributed by atoms with Gasteiger partial charge in [0.05, 0.1) is 6.54 Å². The van der Waals surface area contributed by atoms with Crippen molar-refractivity contribution in [2.75, 3.05) is 0 Å². The highest BCUT2D eigenvalue weighted by Crippen LogP contribution is 2.31. The van der Waals surface area contributed by atoms with Crippen LogP contribution in [0.5, 0.6) is 0 Å². The molecule has 1 aromatic carbocycles. The van der Waals surface area contributed by atoms with Gasteiger partial charge in [0, 0.05) is 17.0 Å². The number of rotatable bonds is 4. The number of benzene rings is 1. The van der Waals surface area contributed by atoms with E-state index in [1.807, 2.05) is 13.0 Å². The average molecular weight is 249 g/mol. The minimum absolute atomic E-state index is 0.277. The summed E-state index contributed by atoms with van der Waals surface area (Å²) in [5.41, 5.74) is 2.59. The predicted octanol–water partition coefficient (Wildman–Crippen LogP) is 3.94. The van der Waals surface area contributed by atoms with Crippen LogP contribution in [0.2, 0.25) is 0 Å². The molecule has 2 rings (SSSR count). The van der Waals surface area contributed by atoms with E-state index in [9.17, 15) is 4.39 Å². The molecule has 0 aliphatic heterocycles. The molecule has 0 atom stereocenters. The van der Waals surface area contributed by atoms with Gasteiger partial charge in [-0.15, -0.1) is 0 Å². The topological polar surface area (TPSA) is 25.2 Å². The van der Waals surface area contributed by atoms with Crippen LogP contribution >= 0.6 is 0 Å². The van der Waals surface area contributed by atoms with Crippen molar-refractivity contribution in [3.8, 4) is 0 Å². The van der Waals surface area contributed by atoms with Crippen molar-refractivity contribution in [2.45, 2.75) is 46.7 Å². The van der Waals surface area contributed by atoms with Crippen LogP contribution in [-0.4, -0.2) is 6.04 Å². The Labute approximate surface area is 107 Å². The minimum atomic E-state index is -0.277. The first-order chi connectivity index (χ1) is 8.54. The van der Waals surface area contributed by atoms with Crippen LogP contribution in [0.3, 0.4) is 0 Å². The molecule has 1 aromatic heterocycles. The number of nitrogens with one attached hydrogen (secondary N) is 1. The molecule has 1 heterocycles. The van der Waals surface area contributed by atoms with Crippen molar-refractivity contribution >= 4 is 11.0 Å². The zero-order valence-electron chi connectivity index (χ0n) is 11.4. The third kappa shape index (κ3) is 2.27. The lowest BCUT2D eigenvalue weighted by atomic mass is 10.0. The average Bonchev–Trinajstić information content (AvgIpc) is 2.71. The molecule has 0 amide bonds. The van der Waals surface area contributed by atoms with Gasteiger partial charge in [-0.3, -0.25) is 0 Å². The van der Waals surface area contributed by atoms with Crippen LogP contribution in [0.25, 0.3) is 11.0 Å². The summed E-state index contributed by atoms with van der Waals surface area (Å²) in [5, 5.41) is 4.26. The molecule has 3 heteroatoms. The fraction of sp³-hybridized carbons (Fsp3) is 0.467. The molecule has 0 aliphatic rings. The zero-order valence-corrected chi connectivity index (χ0v) is 11.4. The standard InChI is InChI=1S/C15H20FNO/c1-5-11-13(8-17-9(2)3)18-15-12(16)7-6-10(4)14(11)15/h6-7,9,17H,5,8H2,1-4H3. The fourth-order valence-corrected chi connectivity index (χ4v) is 2.27. The van der Waals surface area contributed by atoms with Crippen molar-refractivity contribution in [2.24, 2.45) is 0 Å². The van der Waals surface area contributed by atoms with E-state index in [1.165, 1.54) is 6.07 Å². The van der Waals surface area contributed by atoms with Gasteiger partial charge in [0.2, 0.25) is 0 Å². The second-order valence-corrected chi connectivity index (χ2v) is 4.96. The molecule has 2 aromatic rings. The molecule has 0 aliphatic carbocycles. The van der Waals surface area contributed by atoms with E-state index in [4.69, 9.17) is 4.42 Å². The lowest BCUT2D eigenvalue weighted by Crippen LogP contribution is -2.22. The second-order valence-electron chi connectivity index (χ2n) is 4.96. The number of hydrogen-bond acceptors (Lipinski definition) is 2. The molecule has 1 N–H and O–H groups in total. The van der Waals surface area contributed by atoms with Gasteiger partial charge in [-0.1, -0.05) is 26.8 Å². The maximum Gasteiger partial charge on any atom is 0.170 e. The normalized spacial score (nSPS) is 11.7. The van der Waals surface area contributed by atoms with Crippen molar-refractivity contribution in [1.29, 1.82) is 0 Å². The minimum Gasteiger partial charge on any atom is -0.456 e. The van der Waals surface area contributed by atoms with Crippen LogP contribution in [0.1, 0.15) is 37.7 Å². The van der Waals surface area contributed by atoms with E-state index in [1.54, 1.807) is 0 Å². The number of fused-ring (bicyclic) bond motifs is 1. The molecule has 0 fully saturated rings. The van der Waals surface area contributed by atoms with E-state index in [2.05, 4.69) is 26.1 Å². The Morgan fingerprint density at radius 3 is 2.67 bits per heavy atom. The van der Waals surface area contributed by atoms with Crippen molar-refractivity contribution in [3.05, 3.63) is 34.8 Å². The number of halogens is 1. The third-order valence-corrected chi connectivity index (χ3v) is 3.21. The molecule has 98 valence electrons. The van der Waals surface area contributed by atoms with E-state index in [0.717, 1.165) is 28.7 Å². The molecule has 0 saturated heterocycles. The zero-order chi connectivity index (χ0) is 13.3. The van der Waals surface area contributed by atoms with Gasteiger partial charge in [-0.25, -0.2) is 4.39 Å². The summed E-state index contributed by atoms with van der Waals surface area (Å²) in [6.45, 7) is 8.89. The van der Waals surface area contributed by atoms with E-state index >= 15 is 0 Å². The second kappa shape index (κ2) is 5.11. The Hall–Kier alpha value is -1.35. The Kier molecular flexibility index (Phi) is 3.71. The highest BCUT2D eigenvalue weighted by molar-refractivity contribution is 5.86. The molecule has 0 spiro atoms. The van der Waals surface area contributed by atoms with Gasteiger partial charge < -0.3 is 9.73 Å². The fourth-order valence-electron chi connectivity index (χ4n) is 2.27. The number of aryl methyl sites for hydroxylation is 2. The highest BCUT2D eigenvalue weighted by Gasteiger charge is 2.17. The smallest absolute Gasteiger partial charge is 0.170 e. The van der Waals surface area contributed by atoms with Crippen LogP contribution in [0, 0.1) is 12.7 Å². The summed E-state index contributed by atoms with van der Waals surface area (Å²) < 4.78 is 19.5. The van der Waals surface area contributed by atoms with Gasteiger partial charge >= 0.3 is 0 Å². The summed E-state index contributed by atoms with van der Waals surface area (Å²) in [6, 6.07) is 3.67. The lowest BCUT2D eigenvalue weighted by molar-refractivity contribution is 0.472. The van der Waals surface area contributed by atoms with Crippen molar-refractivity contribution in [1.82, 2.24) is 5.32 Å². The first-order valence-corrected chi connectivity index (χ1v) is 6.47. The van der Waals surface area contributed by atoms with Crippen LogP contribution in [0.15, 0.2) is 16.5 Å². The van der Waals surface area contributed by atoms with Crippen LogP contribution in [0.4, 0.5) is 4.39 Å².